The van der Waals surface area contributed by atoms with Crippen molar-refractivity contribution in [2.45, 2.75) is 56.9 Å². The zero-order valence-corrected chi connectivity index (χ0v) is 24.6. The van der Waals surface area contributed by atoms with Crippen LogP contribution in [0.25, 0.3) is 5.57 Å². The lowest BCUT2D eigenvalue weighted by Gasteiger charge is -2.43. The number of carboxylic acids is 1. The molecule has 0 bridgehead atoms. The fourth-order valence-corrected chi connectivity index (χ4v) is 7.98. The number of halogens is 1. The molecule has 2 heterocycles. The van der Waals surface area contributed by atoms with E-state index in [9.17, 15) is 9.90 Å². The Morgan fingerprint density at radius 3 is 2.62 bits per heavy atom. The Bertz CT molecular complexity index is 1430. The van der Waals surface area contributed by atoms with E-state index in [0.29, 0.717) is 23.3 Å². The highest BCUT2D eigenvalue weighted by Gasteiger charge is 2.41. The van der Waals surface area contributed by atoms with Gasteiger partial charge in [-0.05, 0) is 72.2 Å². The molecule has 40 heavy (non-hydrogen) atoms. The smallest absolute Gasteiger partial charge is 0.337 e. The number of para-hydroxylation sites is 2. The van der Waals surface area contributed by atoms with Gasteiger partial charge in [0.1, 0.15) is 0 Å². The summed E-state index contributed by atoms with van der Waals surface area (Å²) >= 11 is 8.18. The van der Waals surface area contributed by atoms with Gasteiger partial charge in [-0.25, -0.2) is 4.79 Å². The molecule has 3 aromatic carbocycles. The standard InChI is InChI=1S/C33H36ClN3O2S/c1-21(2)16-24-20-37(25-9-4-3-5-10-25)31-19-30(36-15-14-22-8-6-7-11-29(22)36)26(18-32(31)40-35-24)23-12-13-28(34)27(17-23)33(38)39/h3-13,17,21,24,31-32,35H,14-16,18-20H2,1-2H3,(H,38,39)/t24-,31?,32?/m1/s1. The number of hydrogen-bond donors (Lipinski definition) is 2. The van der Waals surface area contributed by atoms with Crippen LogP contribution >= 0.6 is 23.5 Å². The molecule has 208 valence electrons. The summed E-state index contributed by atoms with van der Waals surface area (Å²) in [5.74, 6) is -0.392. The second kappa shape index (κ2) is 11.5. The first kappa shape index (κ1) is 27.3. The minimum atomic E-state index is -0.994. The number of allylic oxidation sites excluding steroid dienone is 1. The van der Waals surface area contributed by atoms with Crippen LogP contribution in [0, 0.1) is 5.92 Å². The maximum absolute atomic E-state index is 12.0. The molecule has 3 aliphatic rings. The fraction of sp³-hybridized carbons (Fsp3) is 0.364. The second-order valence-electron chi connectivity index (χ2n) is 11.5. The average Bonchev–Trinajstić information content (AvgIpc) is 3.30. The van der Waals surface area contributed by atoms with Gasteiger partial charge in [0.2, 0.25) is 0 Å². The third-order valence-corrected chi connectivity index (χ3v) is 9.97. The number of hydrogen-bond acceptors (Lipinski definition) is 5. The Balaban J connectivity index is 1.47. The molecule has 0 radical (unpaired) electrons. The van der Waals surface area contributed by atoms with E-state index in [4.69, 9.17) is 11.6 Å². The van der Waals surface area contributed by atoms with E-state index in [2.05, 4.69) is 83.0 Å². The van der Waals surface area contributed by atoms with Gasteiger partial charge in [0, 0.05) is 53.9 Å². The van der Waals surface area contributed by atoms with Gasteiger partial charge in [-0.15, -0.1) is 0 Å². The van der Waals surface area contributed by atoms with Crippen LogP contribution in [0.2, 0.25) is 5.02 Å². The molecule has 1 fully saturated rings. The first-order valence-electron chi connectivity index (χ1n) is 14.2. The van der Waals surface area contributed by atoms with Gasteiger partial charge in [0.05, 0.1) is 10.6 Å². The molecule has 3 atom stereocenters. The van der Waals surface area contributed by atoms with Crippen molar-refractivity contribution >= 4 is 46.5 Å². The Labute approximate surface area is 246 Å². The highest BCUT2D eigenvalue weighted by molar-refractivity contribution is 7.98. The van der Waals surface area contributed by atoms with Gasteiger partial charge in [-0.3, -0.25) is 4.72 Å². The summed E-state index contributed by atoms with van der Waals surface area (Å²) in [5.41, 5.74) is 7.53. The van der Waals surface area contributed by atoms with Crippen molar-refractivity contribution in [2.75, 3.05) is 22.9 Å². The summed E-state index contributed by atoms with van der Waals surface area (Å²) in [6, 6.07) is 25.7. The van der Waals surface area contributed by atoms with E-state index in [-0.39, 0.29) is 10.6 Å². The van der Waals surface area contributed by atoms with Gasteiger partial charge in [0.15, 0.2) is 0 Å². The Kier molecular flexibility index (Phi) is 7.84. The van der Waals surface area contributed by atoms with Crippen LogP contribution in [0.1, 0.15) is 54.6 Å². The van der Waals surface area contributed by atoms with Gasteiger partial charge in [-0.1, -0.05) is 79.9 Å². The summed E-state index contributed by atoms with van der Waals surface area (Å²) in [6.07, 6.45) is 3.85. The van der Waals surface area contributed by atoms with E-state index in [1.807, 2.05) is 18.0 Å². The summed E-state index contributed by atoms with van der Waals surface area (Å²) in [5, 5.41) is 10.4. The predicted molar refractivity (Wildman–Crippen MR) is 167 cm³/mol. The van der Waals surface area contributed by atoms with E-state index >= 15 is 0 Å². The zero-order chi connectivity index (χ0) is 27.8. The first-order valence-corrected chi connectivity index (χ1v) is 15.5. The maximum Gasteiger partial charge on any atom is 0.337 e. The number of carboxylic acid groups (broad SMARTS) is 1. The topological polar surface area (TPSA) is 55.8 Å². The number of benzene rings is 3. The highest BCUT2D eigenvalue weighted by atomic mass is 35.5. The molecule has 5 nitrogen and oxygen atoms in total. The molecular weight excluding hydrogens is 538 g/mol. The number of nitrogens with zero attached hydrogens (tertiary/aromatic N) is 2. The molecular formula is C33H36ClN3O2S. The molecule has 2 unspecified atom stereocenters. The van der Waals surface area contributed by atoms with Crippen LogP contribution in [0.4, 0.5) is 11.4 Å². The second-order valence-corrected chi connectivity index (χ2v) is 13.0. The van der Waals surface area contributed by atoms with E-state index in [1.54, 1.807) is 12.1 Å². The summed E-state index contributed by atoms with van der Waals surface area (Å²) in [7, 11) is 0. The lowest BCUT2D eigenvalue weighted by atomic mass is 9.85. The van der Waals surface area contributed by atoms with Crippen LogP contribution < -0.4 is 14.5 Å². The van der Waals surface area contributed by atoms with Crippen LogP contribution in [-0.4, -0.2) is 41.5 Å². The van der Waals surface area contributed by atoms with Crippen molar-refractivity contribution in [3.05, 3.63) is 100 Å². The molecule has 0 saturated carbocycles. The number of fused-ring (bicyclic) bond motifs is 2. The number of aromatic carboxylic acids is 1. The zero-order valence-electron chi connectivity index (χ0n) is 23.0. The van der Waals surface area contributed by atoms with Crippen molar-refractivity contribution in [1.29, 1.82) is 0 Å². The van der Waals surface area contributed by atoms with Crippen LogP contribution in [0.15, 0.2) is 78.5 Å². The Morgan fingerprint density at radius 2 is 1.85 bits per heavy atom. The lowest BCUT2D eigenvalue weighted by molar-refractivity contribution is 0.0697. The average molecular weight is 574 g/mol. The minimum Gasteiger partial charge on any atom is -0.478 e. The molecule has 2 N–H and O–H groups in total. The molecule has 0 spiro atoms. The van der Waals surface area contributed by atoms with Crippen molar-refractivity contribution in [2.24, 2.45) is 5.92 Å². The molecule has 1 aliphatic carbocycles. The van der Waals surface area contributed by atoms with Gasteiger partial charge < -0.3 is 14.9 Å². The number of nitrogens with one attached hydrogen (secondary N) is 1. The SMILES string of the molecule is CC(C)C[C@@H]1CN(c2ccccc2)C2CC(N3CCc4ccccc43)=C(c3ccc(Cl)c(C(=O)O)c3)CC2SN1. The predicted octanol–water partition coefficient (Wildman–Crippen LogP) is 7.52. The quantitative estimate of drug-likeness (QED) is 0.298. The van der Waals surface area contributed by atoms with E-state index < -0.39 is 5.97 Å². The van der Waals surface area contributed by atoms with Crippen molar-refractivity contribution in [3.8, 4) is 0 Å². The van der Waals surface area contributed by atoms with Crippen molar-refractivity contribution in [3.63, 3.8) is 0 Å². The molecule has 0 aromatic heterocycles. The number of carbonyl (C=O) groups is 1. The van der Waals surface area contributed by atoms with Crippen LogP contribution in [-0.2, 0) is 6.42 Å². The molecule has 1 saturated heterocycles. The van der Waals surface area contributed by atoms with Crippen molar-refractivity contribution in [1.82, 2.24) is 4.72 Å². The van der Waals surface area contributed by atoms with Crippen molar-refractivity contribution < 1.29 is 9.90 Å². The number of anilines is 2. The summed E-state index contributed by atoms with van der Waals surface area (Å²) in [6.45, 7) is 6.47. The van der Waals surface area contributed by atoms with Crippen LogP contribution in [0.3, 0.4) is 0 Å². The highest BCUT2D eigenvalue weighted by Crippen LogP contribution is 2.46. The molecule has 7 heteroatoms. The summed E-state index contributed by atoms with van der Waals surface area (Å²) in [4.78, 5) is 17.2. The summed E-state index contributed by atoms with van der Waals surface area (Å²) < 4.78 is 3.85. The largest absolute Gasteiger partial charge is 0.478 e. The Morgan fingerprint density at radius 1 is 1.07 bits per heavy atom. The van der Waals surface area contributed by atoms with E-state index in [0.717, 1.165) is 44.3 Å². The fourth-order valence-electron chi connectivity index (χ4n) is 6.59. The monoisotopic (exact) mass is 573 g/mol. The Hall–Kier alpha value is -2.93. The minimum absolute atomic E-state index is 0.157. The molecule has 0 amide bonds. The normalized spacial score (nSPS) is 22.8. The third-order valence-electron chi connectivity index (χ3n) is 8.39. The molecule has 2 aliphatic heterocycles. The number of rotatable bonds is 6. The van der Waals surface area contributed by atoms with Gasteiger partial charge in [0.25, 0.3) is 0 Å². The first-order chi connectivity index (χ1) is 19.4. The molecule has 3 aromatic rings. The third kappa shape index (κ3) is 5.37. The van der Waals surface area contributed by atoms with Gasteiger partial charge in [-0.2, -0.15) is 0 Å². The van der Waals surface area contributed by atoms with Crippen LogP contribution in [0.5, 0.6) is 0 Å². The lowest BCUT2D eigenvalue weighted by Crippen LogP contribution is -2.47. The molecule has 6 rings (SSSR count). The van der Waals surface area contributed by atoms with E-state index in [1.165, 1.54) is 28.2 Å². The van der Waals surface area contributed by atoms with Gasteiger partial charge >= 0.3 is 5.97 Å². The maximum atomic E-state index is 12.0.